The number of carbonyl (C=O) groups excluding carboxylic acids is 1. The molecule has 0 bridgehead atoms. The van der Waals surface area contributed by atoms with Crippen LogP contribution in [0.15, 0.2) is 48.0 Å². The van der Waals surface area contributed by atoms with Crippen LogP contribution in [0.1, 0.15) is 59.4 Å². The van der Waals surface area contributed by atoms with Gasteiger partial charge in [0.2, 0.25) is 0 Å². The smallest absolute Gasteiger partial charge is 0.319 e. The van der Waals surface area contributed by atoms with Crippen LogP contribution < -0.4 is 26.0 Å². The number of likely N-dealkylation sites (N-methyl/N-ethyl adjacent to an activating group) is 1. The van der Waals surface area contributed by atoms with Gasteiger partial charge in [-0.3, -0.25) is 4.99 Å². The van der Waals surface area contributed by atoms with Gasteiger partial charge in [0.25, 0.3) is 0 Å². The molecule has 0 heterocycles. The monoisotopic (exact) mass is 513 g/mol. The number of urea groups is 1. The average Bonchev–Trinajstić information content (AvgIpc) is 2.85. The molecule has 0 saturated heterocycles. The number of hydrogen-bond donors (Lipinski definition) is 4. The van der Waals surface area contributed by atoms with Crippen LogP contribution in [0.2, 0.25) is 0 Å². The van der Waals surface area contributed by atoms with Gasteiger partial charge in [-0.2, -0.15) is 0 Å². The van der Waals surface area contributed by atoms with Crippen LogP contribution in [0.4, 0.5) is 26.2 Å². The third-order valence-electron chi connectivity index (χ3n) is 5.18. The van der Waals surface area contributed by atoms with Gasteiger partial charge in [-0.05, 0) is 50.6 Å². The molecule has 4 N–H and O–H groups in total. The standard InChI is InChI=1S/C25H34FN5O2.C4H10/c1-6-28-23-16-21(33-14-13-27-5)15-22(26)24(23)18(4)30-19-7-9-20(10-8-19)31-25(32)29-12-11-17(2)3;1-3-4-2/h6-10,15-17,27,30H,4,11-14H2,1-3,5H3,(H2,29,31,32);3-4H2,1-2H3. The van der Waals surface area contributed by atoms with Gasteiger partial charge >= 0.3 is 6.03 Å². The number of nitrogens with zero attached hydrogens (tertiary/aromatic N) is 1. The fourth-order valence-electron chi connectivity index (χ4n) is 2.99. The van der Waals surface area contributed by atoms with E-state index >= 15 is 0 Å². The van der Waals surface area contributed by atoms with E-state index in [0.717, 1.165) is 6.42 Å². The molecule has 7 nitrogen and oxygen atoms in total. The van der Waals surface area contributed by atoms with E-state index in [2.05, 4.69) is 60.5 Å². The summed E-state index contributed by atoms with van der Waals surface area (Å²) in [4.78, 5) is 16.3. The van der Waals surface area contributed by atoms with Crippen molar-refractivity contribution in [3.05, 3.63) is 54.4 Å². The molecular formula is C29H44FN5O2. The Labute approximate surface area is 222 Å². The van der Waals surface area contributed by atoms with Crippen LogP contribution in [0.5, 0.6) is 5.75 Å². The van der Waals surface area contributed by atoms with Gasteiger partial charge in [-0.25, -0.2) is 9.18 Å². The molecule has 2 aromatic carbocycles. The van der Waals surface area contributed by atoms with E-state index in [0.29, 0.717) is 54.1 Å². The topological polar surface area (TPSA) is 86.8 Å². The van der Waals surface area contributed by atoms with E-state index in [1.54, 1.807) is 43.5 Å². The molecule has 0 unspecified atom stereocenters. The molecule has 0 aromatic heterocycles. The molecule has 204 valence electrons. The number of rotatable bonds is 13. The molecule has 0 atom stereocenters. The Morgan fingerprint density at radius 3 is 2.24 bits per heavy atom. The lowest BCUT2D eigenvalue weighted by Gasteiger charge is -2.15. The quantitative estimate of drug-likeness (QED) is 0.168. The molecule has 0 fully saturated rings. The predicted molar refractivity (Wildman–Crippen MR) is 156 cm³/mol. The van der Waals surface area contributed by atoms with Crippen LogP contribution >= 0.6 is 0 Å². The third-order valence-corrected chi connectivity index (χ3v) is 5.18. The Balaban J connectivity index is 0.00000159. The summed E-state index contributed by atoms with van der Waals surface area (Å²) in [6.07, 6.45) is 5.15. The number of unbranched alkanes of at least 4 members (excludes halogenated alkanes) is 1. The summed E-state index contributed by atoms with van der Waals surface area (Å²) in [6, 6.07) is 9.86. The number of carbonyl (C=O) groups is 1. The summed E-state index contributed by atoms with van der Waals surface area (Å²) in [5.74, 6) is 0.452. The van der Waals surface area contributed by atoms with E-state index in [-0.39, 0.29) is 11.6 Å². The SMILES string of the molecule is C=C(Nc1ccc(NC(=O)NCCC(C)C)cc1)c1c(F)cc(OCCNC)cc1N=CC.CCCC. The van der Waals surface area contributed by atoms with Gasteiger partial charge in [0, 0.05) is 48.5 Å². The molecule has 0 aliphatic rings. The second-order valence-corrected chi connectivity index (χ2v) is 8.88. The third kappa shape index (κ3) is 12.4. The fraction of sp³-hybridized carbons (Fsp3) is 0.448. The molecule has 2 amide bonds. The second-order valence-electron chi connectivity index (χ2n) is 8.88. The molecule has 0 aliphatic carbocycles. The van der Waals surface area contributed by atoms with Crippen molar-refractivity contribution in [1.29, 1.82) is 0 Å². The minimum absolute atomic E-state index is 0.248. The van der Waals surface area contributed by atoms with Crippen molar-refractivity contribution in [3.8, 4) is 5.75 Å². The maximum atomic E-state index is 14.9. The molecule has 8 heteroatoms. The Morgan fingerprint density at radius 1 is 1.08 bits per heavy atom. The van der Waals surface area contributed by atoms with E-state index in [9.17, 15) is 9.18 Å². The first-order chi connectivity index (χ1) is 17.7. The molecule has 0 saturated carbocycles. The predicted octanol–water partition coefficient (Wildman–Crippen LogP) is 7.20. The fourth-order valence-corrected chi connectivity index (χ4v) is 2.99. The summed E-state index contributed by atoms with van der Waals surface area (Å²) < 4.78 is 20.5. The van der Waals surface area contributed by atoms with Gasteiger partial charge in [0.05, 0.1) is 11.3 Å². The van der Waals surface area contributed by atoms with Crippen LogP contribution in [-0.4, -0.2) is 39.0 Å². The van der Waals surface area contributed by atoms with Gasteiger partial charge in [0.1, 0.15) is 18.2 Å². The number of anilines is 2. The number of ether oxygens (including phenoxy) is 1. The highest BCUT2D eigenvalue weighted by atomic mass is 19.1. The van der Waals surface area contributed by atoms with Crippen molar-refractivity contribution in [2.45, 2.75) is 53.9 Å². The van der Waals surface area contributed by atoms with E-state index in [4.69, 9.17) is 4.74 Å². The van der Waals surface area contributed by atoms with Crippen molar-refractivity contribution in [3.63, 3.8) is 0 Å². The number of benzene rings is 2. The minimum atomic E-state index is -0.480. The number of nitrogens with one attached hydrogen (secondary N) is 4. The van der Waals surface area contributed by atoms with Crippen LogP contribution in [0.25, 0.3) is 5.70 Å². The van der Waals surface area contributed by atoms with Crippen LogP contribution in [0.3, 0.4) is 0 Å². The first-order valence-electron chi connectivity index (χ1n) is 13.0. The summed E-state index contributed by atoms with van der Waals surface area (Å²) in [5, 5.41) is 11.7. The minimum Gasteiger partial charge on any atom is -0.492 e. The maximum absolute atomic E-state index is 14.9. The number of halogens is 1. The largest absolute Gasteiger partial charge is 0.492 e. The summed E-state index contributed by atoms with van der Waals surface area (Å²) >= 11 is 0. The average molecular weight is 514 g/mol. The van der Waals surface area contributed by atoms with Crippen LogP contribution in [0, 0.1) is 11.7 Å². The molecule has 0 aliphatic heterocycles. The molecular weight excluding hydrogens is 469 g/mol. The Morgan fingerprint density at radius 2 is 1.70 bits per heavy atom. The van der Waals surface area contributed by atoms with E-state index in [1.165, 1.54) is 18.9 Å². The first kappa shape index (κ1) is 31.6. The first-order valence-corrected chi connectivity index (χ1v) is 13.0. The summed E-state index contributed by atoms with van der Waals surface area (Å²) in [5.41, 5.74) is 2.40. The molecule has 0 radical (unpaired) electrons. The van der Waals surface area contributed by atoms with Gasteiger partial charge < -0.3 is 26.0 Å². The Hall–Kier alpha value is -3.39. The molecule has 37 heavy (non-hydrogen) atoms. The normalized spacial score (nSPS) is 10.6. The highest BCUT2D eigenvalue weighted by molar-refractivity contribution is 5.90. The van der Waals surface area contributed by atoms with Crippen molar-refractivity contribution >= 4 is 35.0 Å². The van der Waals surface area contributed by atoms with Crippen LogP contribution in [-0.2, 0) is 0 Å². The van der Waals surface area contributed by atoms with Crippen molar-refractivity contribution in [2.24, 2.45) is 10.9 Å². The number of aliphatic imine (C=N–C) groups is 1. The molecule has 0 spiro atoms. The summed E-state index contributed by atoms with van der Waals surface area (Å²) in [7, 11) is 1.82. The zero-order valence-electron chi connectivity index (χ0n) is 23.2. The zero-order valence-corrected chi connectivity index (χ0v) is 23.2. The number of amides is 2. The summed E-state index contributed by atoms with van der Waals surface area (Å²) in [6.45, 7) is 16.0. The second kappa shape index (κ2) is 17.9. The zero-order chi connectivity index (χ0) is 27.6. The van der Waals surface area contributed by atoms with Crippen molar-refractivity contribution in [2.75, 3.05) is 37.4 Å². The van der Waals surface area contributed by atoms with Crippen molar-refractivity contribution < 1.29 is 13.9 Å². The lowest BCUT2D eigenvalue weighted by atomic mass is 10.1. The van der Waals surface area contributed by atoms with Crippen molar-refractivity contribution in [1.82, 2.24) is 10.6 Å². The van der Waals surface area contributed by atoms with Gasteiger partial charge in [0.15, 0.2) is 0 Å². The van der Waals surface area contributed by atoms with E-state index < -0.39 is 5.82 Å². The lowest BCUT2D eigenvalue weighted by Crippen LogP contribution is -2.30. The Kier molecular flexibility index (Phi) is 15.3. The number of hydrogen-bond acceptors (Lipinski definition) is 5. The van der Waals surface area contributed by atoms with Gasteiger partial charge in [-0.1, -0.05) is 47.1 Å². The highest BCUT2D eigenvalue weighted by Gasteiger charge is 2.15. The highest BCUT2D eigenvalue weighted by Crippen LogP contribution is 2.33. The maximum Gasteiger partial charge on any atom is 0.319 e. The lowest BCUT2D eigenvalue weighted by molar-refractivity contribution is 0.251. The molecule has 2 aromatic rings. The van der Waals surface area contributed by atoms with E-state index in [1.807, 2.05) is 7.05 Å². The Bertz CT molecular complexity index is 989. The molecule has 2 rings (SSSR count). The van der Waals surface area contributed by atoms with Gasteiger partial charge in [-0.15, -0.1) is 0 Å².